The third-order valence-electron chi connectivity index (χ3n) is 6.05. The van der Waals surface area contributed by atoms with E-state index in [0.717, 1.165) is 28.9 Å². The van der Waals surface area contributed by atoms with E-state index in [1.54, 1.807) is 4.90 Å². The number of hydrogen-bond donors (Lipinski definition) is 1. The number of benzene rings is 2. The number of rotatable bonds is 10. The summed E-state index contributed by atoms with van der Waals surface area (Å²) in [4.78, 5) is 28.2. The fourth-order valence-electron chi connectivity index (χ4n) is 3.82. The van der Waals surface area contributed by atoms with Crippen LogP contribution in [0.1, 0.15) is 56.7 Å². The molecule has 0 aliphatic carbocycles. The summed E-state index contributed by atoms with van der Waals surface area (Å²) < 4.78 is 10.8. The molecule has 0 unspecified atom stereocenters. The molecular formula is C26H34N2O4. The van der Waals surface area contributed by atoms with Crippen LogP contribution < -0.4 is 14.8 Å². The molecule has 6 heteroatoms. The lowest BCUT2D eigenvalue weighted by Crippen LogP contribution is -2.50. The number of fused-ring (bicyclic) bond motifs is 1. The van der Waals surface area contributed by atoms with Crippen molar-refractivity contribution in [3.63, 3.8) is 0 Å². The Hall–Kier alpha value is -3.02. The molecule has 1 N–H and O–H groups in total. The molecule has 1 aliphatic rings. The second kappa shape index (κ2) is 11.0. The van der Waals surface area contributed by atoms with E-state index in [2.05, 4.69) is 5.32 Å². The predicted octanol–water partition coefficient (Wildman–Crippen LogP) is 4.38. The first-order chi connectivity index (χ1) is 15.4. The molecule has 32 heavy (non-hydrogen) atoms. The highest BCUT2D eigenvalue weighted by Gasteiger charge is 2.29. The van der Waals surface area contributed by atoms with Gasteiger partial charge in [-0.2, -0.15) is 0 Å². The number of aryl methyl sites for hydroxylation is 2. The lowest BCUT2D eigenvalue weighted by Gasteiger charge is -2.32. The Bertz CT molecular complexity index is 943. The minimum absolute atomic E-state index is 0.0305. The summed E-state index contributed by atoms with van der Waals surface area (Å²) in [6.07, 6.45) is 2.30. The van der Waals surface area contributed by atoms with Gasteiger partial charge in [-0.05, 0) is 61.9 Å². The molecule has 3 rings (SSSR count). The standard InChI is InChI=1S/C26H34N2O4/c1-5-19(4)27-26(30)22(6-2)28(16-21-10-8-7-9-18(21)3)25(29)14-12-20-11-13-23-24(15-20)32-17-31-23/h7-11,13,15,19,22H,5-6,12,14,16-17H2,1-4H3,(H,27,30)/t19-,22-/m1/s1. The molecule has 172 valence electrons. The zero-order chi connectivity index (χ0) is 23.1. The molecule has 2 atom stereocenters. The van der Waals surface area contributed by atoms with Gasteiger partial charge in [0, 0.05) is 19.0 Å². The first-order valence-corrected chi connectivity index (χ1v) is 11.5. The summed E-state index contributed by atoms with van der Waals surface area (Å²) >= 11 is 0. The maximum atomic E-state index is 13.4. The molecule has 0 aromatic heterocycles. The van der Waals surface area contributed by atoms with Gasteiger partial charge in [-0.1, -0.05) is 44.2 Å². The van der Waals surface area contributed by atoms with Gasteiger partial charge in [0.15, 0.2) is 11.5 Å². The van der Waals surface area contributed by atoms with E-state index in [1.807, 2.05) is 70.2 Å². The van der Waals surface area contributed by atoms with Crippen molar-refractivity contribution in [2.24, 2.45) is 0 Å². The minimum Gasteiger partial charge on any atom is -0.454 e. The van der Waals surface area contributed by atoms with E-state index in [4.69, 9.17) is 9.47 Å². The lowest BCUT2D eigenvalue weighted by molar-refractivity contribution is -0.141. The predicted molar refractivity (Wildman–Crippen MR) is 125 cm³/mol. The van der Waals surface area contributed by atoms with Gasteiger partial charge in [0.1, 0.15) is 6.04 Å². The Labute approximate surface area is 190 Å². The topological polar surface area (TPSA) is 67.9 Å². The Balaban J connectivity index is 1.77. The van der Waals surface area contributed by atoms with Gasteiger partial charge in [-0.25, -0.2) is 0 Å². The van der Waals surface area contributed by atoms with Crippen molar-refractivity contribution >= 4 is 11.8 Å². The molecule has 2 aromatic carbocycles. The van der Waals surface area contributed by atoms with Crippen molar-refractivity contribution in [1.82, 2.24) is 10.2 Å². The molecule has 6 nitrogen and oxygen atoms in total. The number of amides is 2. The highest BCUT2D eigenvalue weighted by atomic mass is 16.7. The third-order valence-corrected chi connectivity index (χ3v) is 6.05. The summed E-state index contributed by atoms with van der Waals surface area (Å²) in [5.74, 6) is 1.32. The summed E-state index contributed by atoms with van der Waals surface area (Å²) in [6.45, 7) is 8.65. The van der Waals surface area contributed by atoms with E-state index in [-0.39, 0.29) is 24.6 Å². The van der Waals surface area contributed by atoms with Gasteiger partial charge in [-0.15, -0.1) is 0 Å². The second-order valence-corrected chi connectivity index (χ2v) is 8.38. The average Bonchev–Trinajstić information content (AvgIpc) is 3.26. The Morgan fingerprint density at radius 1 is 1.06 bits per heavy atom. The molecule has 0 spiro atoms. The molecule has 2 amide bonds. The molecular weight excluding hydrogens is 404 g/mol. The van der Waals surface area contributed by atoms with Gasteiger partial charge in [-0.3, -0.25) is 9.59 Å². The SMILES string of the molecule is CC[C@@H](C)NC(=O)[C@@H](CC)N(Cc1ccccc1C)C(=O)CCc1ccc2c(c1)OCO2. The summed E-state index contributed by atoms with van der Waals surface area (Å²) in [5, 5.41) is 3.06. The largest absolute Gasteiger partial charge is 0.454 e. The van der Waals surface area contributed by atoms with Crippen LogP contribution in [0.2, 0.25) is 0 Å². The normalized spacial score (nSPS) is 14.0. The van der Waals surface area contributed by atoms with E-state index in [0.29, 0.717) is 31.6 Å². The molecule has 0 saturated heterocycles. The van der Waals surface area contributed by atoms with Gasteiger partial charge in [0.05, 0.1) is 0 Å². The van der Waals surface area contributed by atoms with Crippen LogP contribution in [-0.4, -0.2) is 35.6 Å². The average molecular weight is 439 g/mol. The van der Waals surface area contributed by atoms with Crippen molar-refractivity contribution in [3.05, 3.63) is 59.2 Å². The highest BCUT2D eigenvalue weighted by Crippen LogP contribution is 2.32. The van der Waals surface area contributed by atoms with Crippen LogP contribution in [0.15, 0.2) is 42.5 Å². The number of nitrogens with one attached hydrogen (secondary N) is 1. The summed E-state index contributed by atoms with van der Waals surface area (Å²) in [5.41, 5.74) is 3.17. The molecule has 1 heterocycles. The summed E-state index contributed by atoms with van der Waals surface area (Å²) in [7, 11) is 0. The van der Waals surface area contributed by atoms with Gasteiger partial charge < -0.3 is 19.7 Å². The van der Waals surface area contributed by atoms with E-state index >= 15 is 0 Å². The van der Waals surface area contributed by atoms with Crippen LogP contribution >= 0.6 is 0 Å². The van der Waals surface area contributed by atoms with Crippen molar-refractivity contribution in [2.75, 3.05) is 6.79 Å². The van der Waals surface area contributed by atoms with E-state index in [1.165, 1.54) is 0 Å². The molecule has 0 radical (unpaired) electrons. The fraction of sp³-hybridized carbons (Fsp3) is 0.462. The van der Waals surface area contributed by atoms with Crippen LogP contribution in [0, 0.1) is 6.92 Å². The first-order valence-electron chi connectivity index (χ1n) is 11.5. The van der Waals surface area contributed by atoms with Crippen molar-refractivity contribution < 1.29 is 19.1 Å². The lowest BCUT2D eigenvalue weighted by atomic mass is 10.0. The number of hydrogen-bond acceptors (Lipinski definition) is 4. The van der Waals surface area contributed by atoms with Crippen LogP contribution in [-0.2, 0) is 22.6 Å². The number of ether oxygens (including phenoxy) is 2. The van der Waals surface area contributed by atoms with E-state index in [9.17, 15) is 9.59 Å². The quantitative estimate of drug-likeness (QED) is 0.598. The van der Waals surface area contributed by atoms with Crippen molar-refractivity contribution in [3.8, 4) is 11.5 Å². The van der Waals surface area contributed by atoms with Crippen LogP contribution in [0.3, 0.4) is 0 Å². The molecule has 2 aromatic rings. The zero-order valence-corrected chi connectivity index (χ0v) is 19.5. The van der Waals surface area contributed by atoms with Crippen LogP contribution in [0.25, 0.3) is 0 Å². The van der Waals surface area contributed by atoms with Crippen molar-refractivity contribution in [2.45, 2.75) is 72.0 Å². The Morgan fingerprint density at radius 2 is 1.81 bits per heavy atom. The van der Waals surface area contributed by atoms with Gasteiger partial charge in [0.25, 0.3) is 0 Å². The Kier molecular flexibility index (Phi) is 8.14. The van der Waals surface area contributed by atoms with E-state index < -0.39 is 6.04 Å². The molecule has 1 aliphatic heterocycles. The highest BCUT2D eigenvalue weighted by molar-refractivity contribution is 5.88. The number of carbonyl (C=O) groups excluding carboxylic acids is 2. The smallest absolute Gasteiger partial charge is 0.243 e. The van der Waals surface area contributed by atoms with Gasteiger partial charge in [0.2, 0.25) is 18.6 Å². The minimum atomic E-state index is -0.507. The van der Waals surface area contributed by atoms with Crippen LogP contribution in [0.4, 0.5) is 0 Å². The van der Waals surface area contributed by atoms with Crippen LogP contribution in [0.5, 0.6) is 11.5 Å². The molecule has 0 bridgehead atoms. The first kappa shape index (κ1) is 23.6. The second-order valence-electron chi connectivity index (χ2n) is 8.38. The van der Waals surface area contributed by atoms with Crippen molar-refractivity contribution in [1.29, 1.82) is 0 Å². The maximum absolute atomic E-state index is 13.4. The maximum Gasteiger partial charge on any atom is 0.243 e. The molecule has 0 saturated carbocycles. The monoisotopic (exact) mass is 438 g/mol. The number of nitrogens with zero attached hydrogens (tertiary/aromatic N) is 1. The Morgan fingerprint density at radius 3 is 2.53 bits per heavy atom. The fourth-order valence-corrected chi connectivity index (χ4v) is 3.82. The zero-order valence-electron chi connectivity index (χ0n) is 19.5. The van der Waals surface area contributed by atoms with Gasteiger partial charge >= 0.3 is 0 Å². The summed E-state index contributed by atoms with van der Waals surface area (Å²) in [6, 6.07) is 13.3. The number of carbonyl (C=O) groups is 2. The third kappa shape index (κ3) is 5.81. The molecule has 0 fully saturated rings.